The standard InChI is InChI=1S/C30H32N4O2/c1-21-5-4-6-24(17-21)27-19-32-30(23-9-13-31-14-10-23)33-29(27)22-11-15-34(16-12-22)20-25-18-26(35-2)7-8-28(25)36-3/h4-10,13-14,17-19,22H,11-12,15-16,20H2,1-3H3. The molecule has 4 aromatic rings. The van der Waals surface area contributed by atoms with Gasteiger partial charge in [0, 0.05) is 47.7 Å². The molecule has 0 spiro atoms. The largest absolute Gasteiger partial charge is 0.497 e. The summed E-state index contributed by atoms with van der Waals surface area (Å²) in [7, 11) is 3.42. The molecule has 36 heavy (non-hydrogen) atoms. The average molecular weight is 481 g/mol. The number of methoxy groups -OCH3 is 2. The fraction of sp³-hybridized carbons (Fsp3) is 0.300. The van der Waals surface area contributed by atoms with Gasteiger partial charge in [0.05, 0.1) is 19.9 Å². The smallest absolute Gasteiger partial charge is 0.159 e. The Morgan fingerprint density at radius 1 is 0.917 bits per heavy atom. The molecule has 3 heterocycles. The quantitative estimate of drug-likeness (QED) is 0.328. The van der Waals surface area contributed by atoms with Crippen LogP contribution in [0.4, 0.5) is 0 Å². The summed E-state index contributed by atoms with van der Waals surface area (Å²) in [5.41, 5.74) is 6.82. The zero-order chi connectivity index (χ0) is 24.9. The van der Waals surface area contributed by atoms with Crippen LogP contribution in [-0.2, 0) is 6.54 Å². The first-order valence-corrected chi connectivity index (χ1v) is 12.4. The van der Waals surface area contributed by atoms with Crippen LogP contribution in [0.15, 0.2) is 73.2 Å². The molecule has 0 saturated carbocycles. The summed E-state index contributed by atoms with van der Waals surface area (Å²) in [5.74, 6) is 2.88. The Bertz CT molecular complexity index is 1320. The van der Waals surface area contributed by atoms with E-state index in [9.17, 15) is 0 Å². The van der Waals surface area contributed by atoms with Gasteiger partial charge in [-0.2, -0.15) is 0 Å². The van der Waals surface area contributed by atoms with Gasteiger partial charge < -0.3 is 9.47 Å². The molecule has 1 saturated heterocycles. The number of aryl methyl sites for hydroxylation is 1. The molecule has 2 aromatic heterocycles. The number of rotatable bonds is 7. The molecule has 5 rings (SSSR count). The van der Waals surface area contributed by atoms with Crippen LogP contribution in [0, 0.1) is 6.92 Å². The number of ether oxygens (including phenoxy) is 2. The lowest BCUT2D eigenvalue weighted by Gasteiger charge is -2.33. The molecule has 0 radical (unpaired) electrons. The first kappa shape index (κ1) is 23.9. The number of hydrogen-bond acceptors (Lipinski definition) is 6. The number of likely N-dealkylation sites (tertiary alicyclic amines) is 1. The van der Waals surface area contributed by atoms with E-state index < -0.39 is 0 Å². The molecular weight excluding hydrogens is 448 g/mol. The zero-order valence-electron chi connectivity index (χ0n) is 21.1. The molecule has 1 aliphatic heterocycles. The molecule has 1 fully saturated rings. The number of nitrogens with zero attached hydrogens (tertiary/aromatic N) is 4. The summed E-state index contributed by atoms with van der Waals surface area (Å²) in [4.78, 5) is 16.5. The molecule has 0 amide bonds. The fourth-order valence-electron chi connectivity index (χ4n) is 4.99. The molecule has 6 nitrogen and oxygen atoms in total. The highest BCUT2D eigenvalue weighted by molar-refractivity contribution is 5.68. The van der Waals surface area contributed by atoms with E-state index in [1.807, 2.05) is 30.5 Å². The molecule has 0 bridgehead atoms. The maximum atomic E-state index is 5.60. The summed E-state index contributed by atoms with van der Waals surface area (Å²) < 4.78 is 11.0. The molecule has 1 aliphatic rings. The minimum atomic E-state index is 0.368. The second-order valence-corrected chi connectivity index (χ2v) is 9.33. The van der Waals surface area contributed by atoms with Gasteiger partial charge in [-0.15, -0.1) is 0 Å². The van der Waals surface area contributed by atoms with E-state index in [-0.39, 0.29) is 0 Å². The molecule has 184 valence electrons. The summed E-state index contributed by atoms with van der Waals surface area (Å²) in [6, 6.07) is 18.5. The highest BCUT2D eigenvalue weighted by atomic mass is 16.5. The van der Waals surface area contributed by atoms with Crippen LogP contribution in [0.25, 0.3) is 22.5 Å². The Labute approximate surface area is 213 Å². The lowest BCUT2D eigenvalue weighted by atomic mass is 9.88. The maximum absolute atomic E-state index is 5.60. The van der Waals surface area contributed by atoms with Crippen LogP contribution >= 0.6 is 0 Å². The predicted octanol–water partition coefficient (Wildman–Crippen LogP) is 5.91. The summed E-state index contributed by atoms with van der Waals surface area (Å²) in [6.07, 6.45) is 7.66. The van der Waals surface area contributed by atoms with E-state index in [0.29, 0.717) is 5.92 Å². The van der Waals surface area contributed by atoms with E-state index in [4.69, 9.17) is 19.4 Å². The Kier molecular flexibility index (Phi) is 7.23. The van der Waals surface area contributed by atoms with Crippen LogP contribution in [0.2, 0.25) is 0 Å². The summed E-state index contributed by atoms with van der Waals surface area (Å²) in [6.45, 7) is 4.95. The maximum Gasteiger partial charge on any atom is 0.159 e. The minimum absolute atomic E-state index is 0.368. The molecule has 0 aliphatic carbocycles. The molecule has 6 heteroatoms. The van der Waals surface area contributed by atoms with Gasteiger partial charge in [-0.3, -0.25) is 9.88 Å². The second-order valence-electron chi connectivity index (χ2n) is 9.33. The third-order valence-corrected chi connectivity index (χ3v) is 6.94. The third-order valence-electron chi connectivity index (χ3n) is 6.94. The van der Waals surface area contributed by atoms with Crippen molar-refractivity contribution < 1.29 is 9.47 Å². The van der Waals surface area contributed by atoms with Crippen molar-refractivity contribution in [2.45, 2.75) is 32.2 Å². The van der Waals surface area contributed by atoms with Crippen LogP contribution in [0.1, 0.15) is 35.6 Å². The Morgan fingerprint density at radius 3 is 2.44 bits per heavy atom. The summed E-state index contributed by atoms with van der Waals surface area (Å²) >= 11 is 0. The van der Waals surface area contributed by atoms with Crippen LogP contribution in [0.5, 0.6) is 11.5 Å². The lowest BCUT2D eigenvalue weighted by Crippen LogP contribution is -2.33. The van der Waals surface area contributed by atoms with Crippen LogP contribution < -0.4 is 9.47 Å². The van der Waals surface area contributed by atoms with E-state index >= 15 is 0 Å². The fourth-order valence-corrected chi connectivity index (χ4v) is 4.99. The molecular formula is C30H32N4O2. The zero-order valence-corrected chi connectivity index (χ0v) is 21.1. The van der Waals surface area contributed by atoms with Gasteiger partial charge >= 0.3 is 0 Å². The van der Waals surface area contributed by atoms with Gasteiger partial charge in [-0.1, -0.05) is 29.8 Å². The van der Waals surface area contributed by atoms with Crippen molar-refractivity contribution >= 4 is 0 Å². The SMILES string of the molecule is COc1ccc(OC)c(CN2CCC(c3nc(-c4ccncc4)ncc3-c3cccc(C)c3)CC2)c1. The number of piperidine rings is 1. The van der Waals surface area contributed by atoms with E-state index in [2.05, 4.69) is 47.1 Å². The van der Waals surface area contributed by atoms with Gasteiger partial charge in [0.25, 0.3) is 0 Å². The molecule has 0 atom stereocenters. The Hall–Kier alpha value is -3.77. The second kappa shape index (κ2) is 10.9. The number of hydrogen-bond donors (Lipinski definition) is 0. The lowest BCUT2D eigenvalue weighted by molar-refractivity contribution is 0.201. The van der Waals surface area contributed by atoms with Gasteiger partial charge in [0.1, 0.15) is 11.5 Å². The van der Waals surface area contributed by atoms with Gasteiger partial charge in [-0.05, 0) is 68.8 Å². The normalized spacial score (nSPS) is 14.5. The first-order valence-electron chi connectivity index (χ1n) is 12.4. The van der Waals surface area contributed by atoms with Crippen LogP contribution in [0.3, 0.4) is 0 Å². The molecule has 0 unspecified atom stereocenters. The van der Waals surface area contributed by atoms with Crippen molar-refractivity contribution in [2.24, 2.45) is 0 Å². The van der Waals surface area contributed by atoms with Crippen molar-refractivity contribution in [2.75, 3.05) is 27.3 Å². The van der Waals surface area contributed by atoms with E-state index in [1.54, 1.807) is 26.6 Å². The van der Waals surface area contributed by atoms with Crippen molar-refractivity contribution in [1.29, 1.82) is 0 Å². The Morgan fingerprint density at radius 2 is 1.72 bits per heavy atom. The first-order chi connectivity index (χ1) is 17.6. The van der Waals surface area contributed by atoms with Gasteiger partial charge in [-0.25, -0.2) is 9.97 Å². The third kappa shape index (κ3) is 5.24. The number of aromatic nitrogens is 3. The topological polar surface area (TPSA) is 60.4 Å². The minimum Gasteiger partial charge on any atom is -0.497 e. The van der Waals surface area contributed by atoms with Crippen molar-refractivity contribution in [1.82, 2.24) is 19.9 Å². The van der Waals surface area contributed by atoms with Gasteiger partial charge in [0.15, 0.2) is 5.82 Å². The monoisotopic (exact) mass is 480 g/mol. The molecule has 0 N–H and O–H groups in total. The number of benzene rings is 2. The highest BCUT2D eigenvalue weighted by Crippen LogP contribution is 2.36. The average Bonchev–Trinajstić information content (AvgIpc) is 2.93. The highest BCUT2D eigenvalue weighted by Gasteiger charge is 2.26. The van der Waals surface area contributed by atoms with Crippen molar-refractivity contribution in [3.63, 3.8) is 0 Å². The molecule has 2 aromatic carbocycles. The predicted molar refractivity (Wildman–Crippen MR) is 142 cm³/mol. The van der Waals surface area contributed by atoms with E-state index in [0.717, 1.165) is 72.2 Å². The summed E-state index contributed by atoms with van der Waals surface area (Å²) in [5, 5.41) is 0. The van der Waals surface area contributed by atoms with E-state index in [1.165, 1.54) is 11.1 Å². The van der Waals surface area contributed by atoms with Crippen LogP contribution in [-0.4, -0.2) is 47.2 Å². The number of pyridine rings is 1. The van der Waals surface area contributed by atoms with Crippen molar-refractivity contribution in [3.05, 3.63) is 90.0 Å². The van der Waals surface area contributed by atoms with Crippen molar-refractivity contribution in [3.8, 4) is 34.0 Å². The Balaban J connectivity index is 1.40. The van der Waals surface area contributed by atoms with Gasteiger partial charge in [0.2, 0.25) is 0 Å².